The van der Waals surface area contributed by atoms with Gasteiger partial charge in [-0.1, -0.05) is 15.9 Å². The number of piperazine rings is 1. The highest BCUT2D eigenvalue weighted by atomic mass is 79.9. The first-order valence-corrected chi connectivity index (χ1v) is 10.3. The third kappa shape index (κ3) is 3.75. The fraction of sp³-hybridized carbons (Fsp3) is 0.533. The van der Waals surface area contributed by atoms with Crippen LogP contribution in [0.15, 0.2) is 22.7 Å². The average molecular weight is 406 g/mol. The van der Waals surface area contributed by atoms with E-state index in [1.807, 2.05) is 0 Å². The van der Waals surface area contributed by atoms with Gasteiger partial charge >= 0.3 is 0 Å². The van der Waals surface area contributed by atoms with Gasteiger partial charge in [-0.25, -0.2) is 12.8 Å². The van der Waals surface area contributed by atoms with Crippen LogP contribution < -0.4 is 4.90 Å². The Bertz CT molecular complexity index is 717. The molecule has 3 rings (SSSR count). The average Bonchev–Trinajstić information content (AvgIpc) is 2.89. The van der Waals surface area contributed by atoms with Crippen LogP contribution in [-0.4, -0.2) is 63.0 Å². The van der Waals surface area contributed by atoms with E-state index in [4.69, 9.17) is 0 Å². The SMILES string of the molecule is O=C(c1cc(Br)ccc1F)N1CC[NH+]([C@H]2CCS(=O)(=O)C2)CC1. The maximum Gasteiger partial charge on any atom is 0.257 e. The van der Waals surface area contributed by atoms with E-state index in [-0.39, 0.29) is 29.0 Å². The van der Waals surface area contributed by atoms with Gasteiger partial charge < -0.3 is 9.80 Å². The molecule has 0 bridgehead atoms. The summed E-state index contributed by atoms with van der Waals surface area (Å²) in [6.45, 7) is 2.47. The van der Waals surface area contributed by atoms with Crippen molar-refractivity contribution < 1.29 is 22.5 Å². The molecular formula is C15H19BrFN2O3S+. The molecule has 0 saturated carbocycles. The van der Waals surface area contributed by atoms with E-state index in [0.717, 1.165) is 0 Å². The van der Waals surface area contributed by atoms with Crippen LogP contribution in [0.1, 0.15) is 16.8 Å². The van der Waals surface area contributed by atoms with E-state index in [0.29, 0.717) is 37.1 Å². The predicted molar refractivity (Wildman–Crippen MR) is 87.8 cm³/mol. The van der Waals surface area contributed by atoms with Crippen LogP contribution in [0.25, 0.3) is 0 Å². The molecule has 1 aromatic carbocycles. The molecule has 1 amide bonds. The second kappa shape index (κ2) is 6.49. The number of hydrogen-bond acceptors (Lipinski definition) is 3. The van der Waals surface area contributed by atoms with Gasteiger partial charge in [-0.3, -0.25) is 4.79 Å². The van der Waals surface area contributed by atoms with Crippen molar-refractivity contribution in [3.8, 4) is 0 Å². The zero-order valence-electron chi connectivity index (χ0n) is 12.6. The number of carbonyl (C=O) groups excluding carboxylic acids is 1. The van der Waals surface area contributed by atoms with Gasteiger partial charge in [0.05, 0.1) is 37.5 Å². The minimum absolute atomic E-state index is 0.0752. The fourth-order valence-corrected chi connectivity index (χ4v) is 5.54. The largest absolute Gasteiger partial charge is 0.329 e. The molecule has 2 fully saturated rings. The Morgan fingerprint density at radius 1 is 1.30 bits per heavy atom. The van der Waals surface area contributed by atoms with Gasteiger partial charge in [0.25, 0.3) is 5.91 Å². The Labute approximate surface area is 143 Å². The molecule has 5 nitrogen and oxygen atoms in total. The summed E-state index contributed by atoms with van der Waals surface area (Å²) in [5.41, 5.74) is 0.0752. The lowest BCUT2D eigenvalue weighted by molar-refractivity contribution is -0.925. The number of nitrogens with one attached hydrogen (secondary N) is 1. The van der Waals surface area contributed by atoms with E-state index in [1.165, 1.54) is 17.0 Å². The summed E-state index contributed by atoms with van der Waals surface area (Å²) in [6.07, 6.45) is 0.700. The van der Waals surface area contributed by atoms with Crippen LogP contribution in [0.3, 0.4) is 0 Å². The van der Waals surface area contributed by atoms with Crippen molar-refractivity contribution in [2.45, 2.75) is 12.5 Å². The normalized spacial score (nSPS) is 24.8. The van der Waals surface area contributed by atoms with E-state index in [1.54, 1.807) is 11.0 Å². The third-order valence-electron chi connectivity index (χ3n) is 4.66. The summed E-state index contributed by atoms with van der Waals surface area (Å²) in [6, 6.07) is 4.48. The molecular weight excluding hydrogens is 387 g/mol. The lowest BCUT2D eigenvalue weighted by atomic mass is 10.1. The van der Waals surface area contributed by atoms with E-state index >= 15 is 0 Å². The lowest BCUT2D eigenvalue weighted by Crippen LogP contribution is -3.18. The fourth-order valence-electron chi connectivity index (χ4n) is 3.35. The first-order valence-electron chi connectivity index (χ1n) is 7.65. The molecule has 1 N–H and O–H groups in total. The summed E-state index contributed by atoms with van der Waals surface area (Å²) in [5, 5.41) is 0. The van der Waals surface area contributed by atoms with E-state index < -0.39 is 15.7 Å². The van der Waals surface area contributed by atoms with Gasteiger partial charge in [-0.05, 0) is 18.2 Å². The first kappa shape index (κ1) is 16.9. The molecule has 2 aliphatic rings. The molecule has 0 unspecified atom stereocenters. The van der Waals surface area contributed by atoms with Crippen molar-refractivity contribution in [3.63, 3.8) is 0 Å². The number of rotatable bonds is 2. The molecule has 1 aromatic rings. The second-order valence-corrected chi connectivity index (χ2v) is 9.32. The van der Waals surface area contributed by atoms with Gasteiger partial charge in [0.2, 0.25) is 0 Å². The van der Waals surface area contributed by atoms with Crippen LogP contribution in [-0.2, 0) is 9.84 Å². The van der Waals surface area contributed by atoms with Crippen molar-refractivity contribution >= 4 is 31.7 Å². The topological polar surface area (TPSA) is 58.9 Å². The highest BCUT2D eigenvalue weighted by Gasteiger charge is 2.37. The summed E-state index contributed by atoms with van der Waals surface area (Å²) < 4.78 is 37.7. The van der Waals surface area contributed by atoms with Crippen molar-refractivity contribution in [3.05, 3.63) is 34.1 Å². The van der Waals surface area contributed by atoms with E-state index in [2.05, 4.69) is 15.9 Å². The minimum Gasteiger partial charge on any atom is -0.329 e. The van der Waals surface area contributed by atoms with Gasteiger partial charge in [0.15, 0.2) is 9.84 Å². The standard InChI is InChI=1S/C15H18BrFN2O3S/c16-11-1-2-14(17)13(9-11)15(20)19-6-4-18(5-7-19)12-3-8-23(21,22)10-12/h1-2,9,12H,3-8,10H2/p+1/t12-/m0/s1. The zero-order valence-corrected chi connectivity index (χ0v) is 15.0. The number of sulfone groups is 1. The number of quaternary nitrogens is 1. The minimum atomic E-state index is -2.88. The first-order chi connectivity index (χ1) is 10.9. The summed E-state index contributed by atoms with van der Waals surface area (Å²) in [7, 11) is -2.88. The summed E-state index contributed by atoms with van der Waals surface area (Å²) in [4.78, 5) is 15.4. The van der Waals surface area contributed by atoms with Crippen LogP contribution in [0.4, 0.5) is 4.39 Å². The van der Waals surface area contributed by atoms with Crippen molar-refractivity contribution in [2.75, 3.05) is 37.7 Å². The van der Waals surface area contributed by atoms with Crippen LogP contribution in [0.5, 0.6) is 0 Å². The molecule has 0 spiro atoms. The van der Waals surface area contributed by atoms with Crippen molar-refractivity contribution in [1.82, 2.24) is 4.90 Å². The third-order valence-corrected chi connectivity index (χ3v) is 6.92. The lowest BCUT2D eigenvalue weighted by Gasteiger charge is -2.35. The number of nitrogens with zero attached hydrogens (tertiary/aromatic N) is 1. The molecule has 23 heavy (non-hydrogen) atoms. The van der Waals surface area contributed by atoms with Crippen molar-refractivity contribution in [1.29, 1.82) is 0 Å². The molecule has 0 aromatic heterocycles. The van der Waals surface area contributed by atoms with Gasteiger partial charge in [0.1, 0.15) is 17.6 Å². The number of carbonyl (C=O) groups is 1. The van der Waals surface area contributed by atoms with E-state index in [9.17, 15) is 17.6 Å². The maximum absolute atomic E-state index is 13.8. The Morgan fingerprint density at radius 2 is 2.00 bits per heavy atom. The van der Waals surface area contributed by atoms with Gasteiger partial charge in [-0.2, -0.15) is 0 Å². The Hall–Kier alpha value is -0.990. The van der Waals surface area contributed by atoms with Crippen LogP contribution in [0.2, 0.25) is 0 Å². The molecule has 126 valence electrons. The number of halogens is 2. The quantitative estimate of drug-likeness (QED) is 0.759. The van der Waals surface area contributed by atoms with Crippen LogP contribution in [0, 0.1) is 5.82 Å². The number of amides is 1. The molecule has 2 saturated heterocycles. The maximum atomic E-state index is 13.8. The molecule has 0 aliphatic carbocycles. The molecule has 0 radical (unpaired) electrons. The highest BCUT2D eigenvalue weighted by Crippen LogP contribution is 2.17. The van der Waals surface area contributed by atoms with Crippen LogP contribution >= 0.6 is 15.9 Å². The summed E-state index contributed by atoms with van der Waals surface area (Å²) >= 11 is 3.26. The molecule has 2 aliphatic heterocycles. The number of benzene rings is 1. The Balaban J connectivity index is 1.63. The Kier molecular flexibility index (Phi) is 4.75. The molecule has 2 heterocycles. The smallest absolute Gasteiger partial charge is 0.257 e. The van der Waals surface area contributed by atoms with Gasteiger partial charge in [0, 0.05) is 10.9 Å². The molecule has 1 atom stereocenters. The Morgan fingerprint density at radius 3 is 2.61 bits per heavy atom. The van der Waals surface area contributed by atoms with Gasteiger partial charge in [-0.15, -0.1) is 0 Å². The summed E-state index contributed by atoms with van der Waals surface area (Å²) in [5.74, 6) is -0.305. The zero-order chi connectivity index (χ0) is 16.6. The number of hydrogen-bond donors (Lipinski definition) is 1. The second-order valence-electron chi connectivity index (χ2n) is 6.17. The monoisotopic (exact) mass is 405 g/mol. The molecule has 8 heteroatoms. The highest BCUT2D eigenvalue weighted by molar-refractivity contribution is 9.10. The predicted octanol–water partition coefficient (Wildman–Crippen LogP) is 0.116. The van der Waals surface area contributed by atoms with Crippen molar-refractivity contribution in [2.24, 2.45) is 0 Å².